The first kappa shape index (κ1) is 16.0. The largest absolute Gasteiger partial charge is 0.372 e. The van der Waals surface area contributed by atoms with Crippen molar-refractivity contribution < 1.29 is 9.13 Å². The van der Waals surface area contributed by atoms with Gasteiger partial charge in [0.15, 0.2) is 0 Å². The summed E-state index contributed by atoms with van der Waals surface area (Å²) >= 11 is 6.06. The van der Waals surface area contributed by atoms with Crippen molar-refractivity contribution in [1.29, 1.82) is 0 Å². The molecule has 0 saturated heterocycles. The highest BCUT2D eigenvalue weighted by molar-refractivity contribution is 6.31. The van der Waals surface area contributed by atoms with Gasteiger partial charge in [-0.05, 0) is 35.9 Å². The zero-order valence-corrected chi connectivity index (χ0v) is 12.8. The van der Waals surface area contributed by atoms with Crippen molar-refractivity contribution in [1.82, 2.24) is 5.32 Å². The van der Waals surface area contributed by atoms with Crippen LogP contribution in [0.15, 0.2) is 42.5 Å². The van der Waals surface area contributed by atoms with Gasteiger partial charge in [-0.25, -0.2) is 4.39 Å². The van der Waals surface area contributed by atoms with Crippen LogP contribution in [0, 0.1) is 5.82 Å². The molecule has 0 amide bonds. The summed E-state index contributed by atoms with van der Waals surface area (Å²) in [7, 11) is 0. The van der Waals surface area contributed by atoms with E-state index in [0.29, 0.717) is 17.2 Å². The molecule has 0 atom stereocenters. The molecule has 0 heterocycles. The summed E-state index contributed by atoms with van der Waals surface area (Å²) in [6, 6.07) is 12.6. The van der Waals surface area contributed by atoms with Crippen molar-refractivity contribution in [3.8, 4) is 0 Å². The zero-order chi connectivity index (χ0) is 15.1. The molecule has 0 spiro atoms. The van der Waals surface area contributed by atoms with Gasteiger partial charge in [-0.3, -0.25) is 0 Å². The van der Waals surface area contributed by atoms with Gasteiger partial charge in [0.1, 0.15) is 5.82 Å². The Balaban J connectivity index is 1.94. The molecule has 2 aromatic carbocycles. The van der Waals surface area contributed by atoms with E-state index < -0.39 is 0 Å². The first-order chi connectivity index (χ1) is 10.2. The van der Waals surface area contributed by atoms with E-state index in [9.17, 15) is 4.39 Å². The van der Waals surface area contributed by atoms with Gasteiger partial charge in [0.2, 0.25) is 0 Å². The van der Waals surface area contributed by atoms with Crippen LogP contribution in [-0.2, 0) is 24.5 Å². The minimum atomic E-state index is -0.241. The van der Waals surface area contributed by atoms with Gasteiger partial charge in [0, 0.05) is 17.1 Å². The second-order valence-electron chi connectivity index (χ2n) is 4.79. The van der Waals surface area contributed by atoms with Gasteiger partial charge in [-0.1, -0.05) is 42.8 Å². The van der Waals surface area contributed by atoms with Crippen LogP contribution in [0.1, 0.15) is 23.6 Å². The topological polar surface area (TPSA) is 21.3 Å². The summed E-state index contributed by atoms with van der Waals surface area (Å²) in [5.41, 5.74) is 2.52. The van der Waals surface area contributed by atoms with Crippen LogP contribution in [-0.4, -0.2) is 6.54 Å². The molecule has 1 N–H and O–H groups in total. The van der Waals surface area contributed by atoms with E-state index in [-0.39, 0.29) is 12.4 Å². The van der Waals surface area contributed by atoms with E-state index in [4.69, 9.17) is 16.3 Å². The molecule has 0 aliphatic rings. The molecule has 0 bridgehead atoms. The lowest BCUT2D eigenvalue weighted by molar-refractivity contribution is 0.105. The van der Waals surface area contributed by atoms with E-state index in [0.717, 1.165) is 24.2 Å². The molecule has 2 rings (SSSR count). The molecule has 21 heavy (non-hydrogen) atoms. The van der Waals surface area contributed by atoms with Crippen LogP contribution < -0.4 is 5.32 Å². The Kier molecular flexibility index (Phi) is 6.18. The highest BCUT2D eigenvalue weighted by Gasteiger charge is 2.05. The van der Waals surface area contributed by atoms with Crippen LogP contribution in [0.5, 0.6) is 0 Å². The maximum Gasteiger partial charge on any atom is 0.128 e. The number of hydrogen-bond acceptors (Lipinski definition) is 2. The zero-order valence-electron chi connectivity index (χ0n) is 12.0. The Morgan fingerprint density at radius 3 is 2.62 bits per heavy atom. The van der Waals surface area contributed by atoms with Crippen LogP contribution in [0.25, 0.3) is 0 Å². The second kappa shape index (κ2) is 8.13. The Hall–Kier alpha value is -1.42. The van der Waals surface area contributed by atoms with Gasteiger partial charge in [0.05, 0.1) is 13.2 Å². The summed E-state index contributed by atoms with van der Waals surface area (Å²) < 4.78 is 19.4. The van der Waals surface area contributed by atoms with Crippen molar-refractivity contribution >= 4 is 11.6 Å². The fourth-order valence-electron chi connectivity index (χ4n) is 2.00. The average molecular weight is 308 g/mol. The van der Waals surface area contributed by atoms with Crippen LogP contribution in [0.2, 0.25) is 5.02 Å². The average Bonchev–Trinajstić information content (AvgIpc) is 2.49. The predicted molar refractivity (Wildman–Crippen MR) is 83.7 cm³/mol. The van der Waals surface area contributed by atoms with Gasteiger partial charge in [-0.15, -0.1) is 0 Å². The van der Waals surface area contributed by atoms with Gasteiger partial charge in [0.25, 0.3) is 0 Å². The van der Waals surface area contributed by atoms with Crippen molar-refractivity contribution in [2.24, 2.45) is 0 Å². The lowest BCUT2D eigenvalue weighted by atomic mass is 10.1. The molecule has 2 aromatic rings. The normalized spacial score (nSPS) is 10.8. The minimum absolute atomic E-state index is 0.233. The SMILES string of the molecule is CCNCc1ccc(F)c(COCc2ccccc2Cl)c1. The Morgan fingerprint density at radius 2 is 1.86 bits per heavy atom. The fourth-order valence-corrected chi connectivity index (χ4v) is 2.19. The molecule has 0 aromatic heterocycles. The highest BCUT2D eigenvalue weighted by atomic mass is 35.5. The van der Waals surface area contributed by atoms with Crippen LogP contribution >= 0.6 is 11.6 Å². The number of nitrogens with one attached hydrogen (secondary N) is 1. The van der Waals surface area contributed by atoms with Gasteiger partial charge >= 0.3 is 0 Å². The maximum absolute atomic E-state index is 13.8. The molecule has 0 radical (unpaired) electrons. The fraction of sp³-hybridized carbons (Fsp3) is 0.294. The standard InChI is InChI=1S/C17H19ClFNO/c1-2-20-10-13-7-8-17(19)15(9-13)12-21-11-14-5-3-4-6-16(14)18/h3-9,20H,2,10-12H2,1H3. The van der Waals surface area contributed by atoms with Crippen molar-refractivity contribution in [3.63, 3.8) is 0 Å². The predicted octanol–water partition coefficient (Wildman–Crippen LogP) is 4.31. The van der Waals surface area contributed by atoms with Crippen LogP contribution in [0.4, 0.5) is 4.39 Å². The van der Waals surface area contributed by atoms with Crippen molar-refractivity contribution in [2.45, 2.75) is 26.7 Å². The summed E-state index contributed by atoms with van der Waals surface area (Å²) in [6.45, 7) is 4.26. The van der Waals surface area contributed by atoms with E-state index in [2.05, 4.69) is 5.32 Å². The molecule has 0 fully saturated rings. The molecular weight excluding hydrogens is 289 g/mol. The molecule has 112 valence electrons. The smallest absolute Gasteiger partial charge is 0.128 e. The van der Waals surface area contributed by atoms with E-state index >= 15 is 0 Å². The van der Waals surface area contributed by atoms with Crippen molar-refractivity contribution in [2.75, 3.05) is 6.54 Å². The minimum Gasteiger partial charge on any atom is -0.372 e. The Morgan fingerprint density at radius 1 is 1.10 bits per heavy atom. The third kappa shape index (κ3) is 4.81. The molecule has 0 saturated carbocycles. The van der Waals surface area contributed by atoms with Gasteiger partial charge < -0.3 is 10.1 Å². The molecular formula is C17H19ClFNO. The number of rotatable bonds is 7. The Labute approximate surface area is 129 Å². The van der Waals surface area contributed by atoms with Crippen molar-refractivity contribution in [3.05, 3.63) is 70.0 Å². The number of ether oxygens (including phenoxy) is 1. The molecule has 0 aliphatic carbocycles. The number of hydrogen-bond donors (Lipinski definition) is 1. The van der Waals surface area contributed by atoms with E-state index in [1.807, 2.05) is 37.3 Å². The lowest BCUT2D eigenvalue weighted by Crippen LogP contribution is -2.12. The van der Waals surface area contributed by atoms with E-state index in [1.54, 1.807) is 6.07 Å². The summed E-state index contributed by atoms with van der Waals surface area (Å²) in [4.78, 5) is 0. The maximum atomic E-state index is 13.8. The van der Waals surface area contributed by atoms with E-state index in [1.165, 1.54) is 6.07 Å². The third-order valence-electron chi connectivity index (χ3n) is 3.16. The third-order valence-corrected chi connectivity index (χ3v) is 3.53. The highest BCUT2D eigenvalue weighted by Crippen LogP contribution is 2.17. The van der Waals surface area contributed by atoms with Gasteiger partial charge in [-0.2, -0.15) is 0 Å². The lowest BCUT2D eigenvalue weighted by Gasteiger charge is -2.09. The second-order valence-corrected chi connectivity index (χ2v) is 5.20. The monoisotopic (exact) mass is 307 g/mol. The first-order valence-corrected chi connectivity index (χ1v) is 7.37. The molecule has 2 nitrogen and oxygen atoms in total. The Bertz CT molecular complexity index is 589. The molecule has 0 unspecified atom stereocenters. The number of halogens is 2. The van der Waals surface area contributed by atoms with Crippen LogP contribution in [0.3, 0.4) is 0 Å². The quantitative estimate of drug-likeness (QED) is 0.823. The summed E-state index contributed by atoms with van der Waals surface area (Å²) in [6.07, 6.45) is 0. The number of benzene rings is 2. The molecule has 4 heteroatoms. The summed E-state index contributed by atoms with van der Waals surface area (Å²) in [5.74, 6) is -0.241. The summed E-state index contributed by atoms with van der Waals surface area (Å²) in [5, 5.41) is 3.89. The molecule has 0 aliphatic heterocycles. The first-order valence-electron chi connectivity index (χ1n) is 7.00.